The van der Waals surface area contributed by atoms with Crippen molar-refractivity contribution in [1.29, 1.82) is 0 Å². The molecule has 6 nitrogen and oxygen atoms in total. The number of hydrogen-bond acceptors (Lipinski definition) is 3. The molecule has 7 heteroatoms. The van der Waals surface area contributed by atoms with Crippen molar-refractivity contribution >= 4 is 6.03 Å². The summed E-state index contributed by atoms with van der Waals surface area (Å²) in [6, 6.07) is 7.11. The number of nitrogens with zero attached hydrogens (tertiary/aromatic N) is 4. The first kappa shape index (κ1) is 18.4. The monoisotopic (exact) mass is 359 g/mol. The summed E-state index contributed by atoms with van der Waals surface area (Å²) in [7, 11) is 3.42. The molecule has 1 aliphatic rings. The molecule has 1 aromatic carbocycles. The smallest absolute Gasteiger partial charge is 0.317 e. The van der Waals surface area contributed by atoms with Gasteiger partial charge in [0.2, 0.25) is 0 Å². The molecular formula is C19H26FN5O. The molecule has 0 unspecified atom stereocenters. The van der Waals surface area contributed by atoms with Gasteiger partial charge in [-0.1, -0.05) is 6.07 Å². The Morgan fingerprint density at radius 3 is 2.81 bits per heavy atom. The molecule has 1 aliphatic heterocycles. The fourth-order valence-corrected chi connectivity index (χ4v) is 3.30. The van der Waals surface area contributed by atoms with Gasteiger partial charge in [0, 0.05) is 40.3 Å². The number of amides is 2. The molecule has 1 aromatic heterocycles. The Morgan fingerprint density at radius 1 is 1.27 bits per heavy atom. The minimum atomic E-state index is -0.182. The number of halogens is 1. The van der Waals surface area contributed by atoms with Gasteiger partial charge in [0.05, 0.1) is 17.9 Å². The highest BCUT2D eigenvalue weighted by Crippen LogP contribution is 2.17. The molecule has 2 heterocycles. The lowest BCUT2D eigenvalue weighted by Crippen LogP contribution is -2.34. The number of rotatable bonds is 4. The van der Waals surface area contributed by atoms with E-state index in [0.717, 1.165) is 55.1 Å². The third-order valence-corrected chi connectivity index (χ3v) is 4.48. The van der Waals surface area contributed by atoms with E-state index in [9.17, 15) is 9.18 Å². The van der Waals surface area contributed by atoms with Gasteiger partial charge in [0.1, 0.15) is 5.82 Å². The highest BCUT2D eigenvalue weighted by molar-refractivity contribution is 5.73. The third kappa shape index (κ3) is 4.60. The van der Waals surface area contributed by atoms with Crippen LogP contribution >= 0.6 is 0 Å². The minimum absolute atomic E-state index is 0.128. The van der Waals surface area contributed by atoms with Crippen LogP contribution in [0.15, 0.2) is 24.3 Å². The van der Waals surface area contributed by atoms with Gasteiger partial charge in [-0.05, 0) is 42.7 Å². The van der Waals surface area contributed by atoms with E-state index in [4.69, 9.17) is 0 Å². The van der Waals surface area contributed by atoms with Gasteiger partial charge in [-0.25, -0.2) is 9.18 Å². The number of carbonyl (C=O) groups is 1. The van der Waals surface area contributed by atoms with Crippen LogP contribution in [0.3, 0.4) is 0 Å². The molecule has 0 saturated carbocycles. The lowest BCUT2D eigenvalue weighted by Gasteiger charge is -2.19. The van der Waals surface area contributed by atoms with Crippen molar-refractivity contribution in [3.63, 3.8) is 0 Å². The zero-order chi connectivity index (χ0) is 18.7. The summed E-state index contributed by atoms with van der Waals surface area (Å²) in [5, 5.41) is 7.45. The van der Waals surface area contributed by atoms with E-state index in [1.165, 1.54) is 4.90 Å². The summed E-state index contributed by atoms with van der Waals surface area (Å²) in [6.07, 6.45) is 0.993. The van der Waals surface area contributed by atoms with Crippen molar-refractivity contribution in [1.82, 2.24) is 24.9 Å². The molecule has 26 heavy (non-hydrogen) atoms. The SMILES string of the molecule is Cc1cc(F)cc(CN2CCCn3nc(CNC(=O)N(C)C)cc3C2)c1. The molecule has 0 radical (unpaired) electrons. The number of aryl methyl sites for hydroxylation is 2. The summed E-state index contributed by atoms with van der Waals surface area (Å²) in [6.45, 7) is 5.63. The van der Waals surface area contributed by atoms with E-state index >= 15 is 0 Å². The standard InChI is InChI=1S/C19H26FN5O/c1-14-7-15(9-16(20)8-14)12-24-5-4-6-25-18(13-24)10-17(22-25)11-21-19(26)23(2)3/h7-10H,4-6,11-13H2,1-3H3,(H,21,26). The quantitative estimate of drug-likeness (QED) is 0.913. The summed E-state index contributed by atoms with van der Waals surface area (Å²) >= 11 is 0. The number of aromatic nitrogens is 2. The van der Waals surface area contributed by atoms with Crippen LogP contribution in [0.5, 0.6) is 0 Å². The number of fused-ring (bicyclic) bond motifs is 1. The molecule has 0 saturated heterocycles. The highest BCUT2D eigenvalue weighted by Gasteiger charge is 2.17. The van der Waals surface area contributed by atoms with Crippen molar-refractivity contribution in [3.8, 4) is 0 Å². The molecule has 140 valence electrons. The summed E-state index contributed by atoms with van der Waals surface area (Å²) in [4.78, 5) is 15.5. The van der Waals surface area contributed by atoms with Gasteiger partial charge < -0.3 is 10.2 Å². The summed E-state index contributed by atoms with van der Waals surface area (Å²) in [5.74, 6) is -0.182. The minimum Gasteiger partial charge on any atom is -0.332 e. The lowest BCUT2D eigenvalue weighted by molar-refractivity contribution is 0.217. The maximum atomic E-state index is 13.6. The molecule has 3 rings (SSSR count). The average molecular weight is 359 g/mol. The van der Waals surface area contributed by atoms with Crippen LogP contribution in [0.25, 0.3) is 0 Å². The van der Waals surface area contributed by atoms with Crippen molar-refractivity contribution in [2.24, 2.45) is 0 Å². The fraction of sp³-hybridized carbons (Fsp3) is 0.474. The van der Waals surface area contributed by atoms with Crippen molar-refractivity contribution in [2.75, 3.05) is 20.6 Å². The van der Waals surface area contributed by atoms with Gasteiger partial charge in [-0.2, -0.15) is 5.10 Å². The second kappa shape index (κ2) is 7.86. The number of benzene rings is 1. The Bertz CT molecular complexity index is 766. The van der Waals surface area contributed by atoms with Crippen LogP contribution < -0.4 is 5.32 Å². The second-order valence-electron chi connectivity index (χ2n) is 7.10. The molecule has 0 aliphatic carbocycles. The molecule has 0 bridgehead atoms. The van der Waals surface area contributed by atoms with E-state index in [-0.39, 0.29) is 11.8 Å². The Morgan fingerprint density at radius 2 is 2.08 bits per heavy atom. The molecule has 0 atom stereocenters. The molecule has 2 aromatic rings. The zero-order valence-corrected chi connectivity index (χ0v) is 15.6. The van der Waals surface area contributed by atoms with Gasteiger partial charge in [0.25, 0.3) is 0 Å². The number of carbonyl (C=O) groups excluding carboxylic acids is 1. The predicted molar refractivity (Wildman–Crippen MR) is 98.0 cm³/mol. The number of hydrogen-bond donors (Lipinski definition) is 1. The topological polar surface area (TPSA) is 53.4 Å². The zero-order valence-electron chi connectivity index (χ0n) is 15.6. The largest absolute Gasteiger partial charge is 0.332 e. The van der Waals surface area contributed by atoms with Crippen LogP contribution in [0.4, 0.5) is 9.18 Å². The molecule has 0 spiro atoms. The van der Waals surface area contributed by atoms with Gasteiger partial charge in [-0.15, -0.1) is 0 Å². The number of urea groups is 1. The summed E-state index contributed by atoms with van der Waals surface area (Å²) < 4.78 is 15.7. The Labute approximate surface area is 153 Å². The van der Waals surface area contributed by atoms with Crippen LogP contribution in [0.2, 0.25) is 0 Å². The van der Waals surface area contributed by atoms with E-state index in [2.05, 4.69) is 15.3 Å². The first-order valence-electron chi connectivity index (χ1n) is 8.90. The van der Waals surface area contributed by atoms with Crippen molar-refractivity contribution < 1.29 is 9.18 Å². The van der Waals surface area contributed by atoms with Crippen LogP contribution in [0, 0.1) is 12.7 Å². The number of nitrogens with one attached hydrogen (secondary N) is 1. The van der Waals surface area contributed by atoms with Crippen LogP contribution in [0.1, 0.15) is 28.9 Å². The Kier molecular flexibility index (Phi) is 5.56. The first-order valence-corrected chi connectivity index (χ1v) is 8.90. The normalized spacial score (nSPS) is 14.6. The molecule has 1 N–H and O–H groups in total. The second-order valence-corrected chi connectivity index (χ2v) is 7.10. The van der Waals surface area contributed by atoms with Crippen molar-refractivity contribution in [2.45, 2.75) is 39.5 Å². The van der Waals surface area contributed by atoms with Crippen molar-refractivity contribution in [3.05, 3.63) is 52.6 Å². The van der Waals surface area contributed by atoms with E-state index < -0.39 is 0 Å². The first-order chi connectivity index (χ1) is 12.4. The Balaban J connectivity index is 1.66. The van der Waals surface area contributed by atoms with E-state index in [0.29, 0.717) is 6.54 Å². The lowest BCUT2D eigenvalue weighted by atomic mass is 10.1. The maximum absolute atomic E-state index is 13.6. The maximum Gasteiger partial charge on any atom is 0.317 e. The molecule has 0 fully saturated rings. The third-order valence-electron chi connectivity index (χ3n) is 4.48. The fourth-order valence-electron chi connectivity index (χ4n) is 3.30. The van der Waals surface area contributed by atoms with E-state index in [1.54, 1.807) is 26.2 Å². The summed E-state index contributed by atoms with van der Waals surface area (Å²) in [5.41, 5.74) is 3.93. The predicted octanol–water partition coefficient (Wildman–Crippen LogP) is 2.51. The highest BCUT2D eigenvalue weighted by atomic mass is 19.1. The molecule has 2 amide bonds. The van der Waals surface area contributed by atoms with Crippen LogP contribution in [-0.4, -0.2) is 46.3 Å². The van der Waals surface area contributed by atoms with Gasteiger partial charge in [-0.3, -0.25) is 9.58 Å². The molecular weight excluding hydrogens is 333 g/mol. The van der Waals surface area contributed by atoms with Gasteiger partial charge in [0.15, 0.2) is 0 Å². The van der Waals surface area contributed by atoms with E-state index in [1.807, 2.05) is 23.7 Å². The average Bonchev–Trinajstić information content (AvgIpc) is 2.83. The van der Waals surface area contributed by atoms with Gasteiger partial charge >= 0.3 is 6.03 Å². The van der Waals surface area contributed by atoms with Crippen LogP contribution in [-0.2, 0) is 26.2 Å². The Hall–Kier alpha value is -2.41.